The molecule has 0 saturated heterocycles. The Balaban J connectivity index is 2.52. The van der Waals surface area contributed by atoms with Crippen molar-refractivity contribution in [1.82, 2.24) is 5.32 Å². The van der Waals surface area contributed by atoms with Gasteiger partial charge in [-0.15, -0.1) is 0 Å². The van der Waals surface area contributed by atoms with Crippen molar-refractivity contribution in [2.45, 2.75) is 32.2 Å². The van der Waals surface area contributed by atoms with Gasteiger partial charge in [-0.1, -0.05) is 43.7 Å². The highest BCUT2D eigenvalue weighted by molar-refractivity contribution is 7.99. The number of amides is 1. The molecule has 0 aliphatic rings. The standard InChI is InChI=1S/C15H21NO3S/c1-2-3-9-20-11-14(17)16-13(10-15(18)19)12-7-5-4-6-8-12/h4-8,13H,2-3,9-11H2,1H3,(H,16,17)(H,18,19). The van der Waals surface area contributed by atoms with E-state index in [9.17, 15) is 9.59 Å². The molecule has 5 heteroatoms. The highest BCUT2D eigenvalue weighted by Crippen LogP contribution is 2.17. The van der Waals surface area contributed by atoms with Crippen LogP contribution in [0.1, 0.15) is 37.8 Å². The number of hydrogen-bond donors (Lipinski definition) is 2. The van der Waals surface area contributed by atoms with Gasteiger partial charge in [-0.25, -0.2) is 0 Å². The molecule has 1 aromatic rings. The van der Waals surface area contributed by atoms with Crippen LogP contribution in [0.25, 0.3) is 0 Å². The second-order valence-electron chi connectivity index (χ2n) is 4.53. The van der Waals surface area contributed by atoms with Gasteiger partial charge in [0.15, 0.2) is 0 Å². The summed E-state index contributed by atoms with van der Waals surface area (Å²) in [6, 6.07) is 8.74. The molecule has 0 saturated carbocycles. The number of rotatable bonds is 9. The predicted octanol–water partition coefficient (Wildman–Crippen LogP) is 2.85. The molecule has 1 atom stereocenters. The SMILES string of the molecule is CCCCSCC(=O)NC(CC(=O)O)c1ccccc1. The second-order valence-corrected chi connectivity index (χ2v) is 5.64. The molecule has 0 bridgehead atoms. The number of carboxylic acid groups (broad SMARTS) is 1. The maximum atomic E-state index is 11.8. The minimum Gasteiger partial charge on any atom is -0.481 e. The van der Waals surface area contributed by atoms with Crippen LogP contribution < -0.4 is 5.32 Å². The summed E-state index contributed by atoms with van der Waals surface area (Å²) in [5, 5.41) is 11.7. The van der Waals surface area contributed by atoms with Crippen LogP contribution >= 0.6 is 11.8 Å². The van der Waals surface area contributed by atoms with E-state index in [4.69, 9.17) is 5.11 Å². The second kappa shape index (κ2) is 9.42. The van der Waals surface area contributed by atoms with Gasteiger partial charge in [0.05, 0.1) is 18.2 Å². The Labute approximate surface area is 124 Å². The first kappa shape index (κ1) is 16.6. The molecule has 20 heavy (non-hydrogen) atoms. The first-order valence-corrected chi connectivity index (χ1v) is 7.92. The van der Waals surface area contributed by atoms with Gasteiger partial charge in [0.1, 0.15) is 0 Å². The fourth-order valence-corrected chi connectivity index (χ4v) is 2.67. The third kappa shape index (κ3) is 6.61. The fraction of sp³-hybridized carbons (Fsp3) is 0.467. The summed E-state index contributed by atoms with van der Waals surface area (Å²) in [4.78, 5) is 22.8. The fourth-order valence-electron chi connectivity index (χ4n) is 1.76. The van der Waals surface area contributed by atoms with Gasteiger partial charge >= 0.3 is 5.97 Å². The Morgan fingerprint density at radius 1 is 1.30 bits per heavy atom. The number of aliphatic carboxylic acids is 1. The minimum atomic E-state index is -0.919. The van der Waals surface area contributed by atoms with Crippen LogP contribution in [0.2, 0.25) is 0 Å². The van der Waals surface area contributed by atoms with Crippen molar-refractivity contribution in [3.8, 4) is 0 Å². The lowest BCUT2D eigenvalue weighted by Crippen LogP contribution is -2.31. The van der Waals surface area contributed by atoms with Crippen molar-refractivity contribution in [3.63, 3.8) is 0 Å². The summed E-state index contributed by atoms with van der Waals surface area (Å²) in [5.74, 6) is 0.306. The molecule has 1 amide bonds. The van der Waals surface area contributed by atoms with E-state index in [0.29, 0.717) is 5.75 Å². The van der Waals surface area contributed by atoms with Crippen LogP contribution in [0.5, 0.6) is 0 Å². The van der Waals surface area contributed by atoms with Crippen molar-refractivity contribution < 1.29 is 14.7 Å². The summed E-state index contributed by atoms with van der Waals surface area (Å²) in [7, 11) is 0. The largest absolute Gasteiger partial charge is 0.481 e. The number of carbonyl (C=O) groups is 2. The quantitative estimate of drug-likeness (QED) is 0.687. The van der Waals surface area contributed by atoms with E-state index in [1.807, 2.05) is 30.3 Å². The van der Waals surface area contributed by atoms with Crippen LogP contribution in [0.15, 0.2) is 30.3 Å². The van der Waals surface area contributed by atoms with Gasteiger partial charge in [-0.3, -0.25) is 9.59 Å². The number of carbonyl (C=O) groups excluding carboxylic acids is 1. The van der Waals surface area contributed by atoms with Crippen LogP contribution in [-0.4, -0.2) is 28.5 Å². The zero-order chi connectivity index (χ0) is 14.8. The first-order chi connectivity index (χ1) is 9.63. The van der Waals surface area contributed by atoms with E-state index in [2.05, 4.69) is 12.2 Å². The van der Waals surface area contributed by atoms with Gasteiger partial charge in [0.2, 0.25) is 5.91 Å². The zero-order valence-electron chi connectivity index (χ0n) is 11.7. The van der Waals surface area contributed by atoms with Crippen LogP contribution in [-0.2, 0) is 9.59 Å². The minimum absolute atomic E-state index is 0.102. The lowest BCUT2D eigenvalue weighted by molar-refractivity contribution is -0.137. The molecule has 1 rings (SSSR count). The lowest BCUT2D eigenvalue weighted by atomic mass is 10.0. The number of carboxylic acids is 1. The Bertz CT molecular complexity index is 422. The zero-order valence-corrected chi connectivity index (χ0v) is 12.5. The van der Waals surface area contributed by atoms with Gasteiger partial charge in [0, 0.05) is 0 Å². The number of hydrogen-bond acceptors (Lipinski definition) is 3. The molecule has 1 unspecified atom stereocenters. The third-order valence-corrected chi connectivity index (χ3v) is 3.83. The highest BCUT2D eigenvalue weighted by Gasteiger charge is 2.17. The Morgan fingerprint density at radius 2 is 2.00 bits per heavy atom. The van der Waals surface area contributed by atoms with E-state index < -0.39 is 12.0 Å². The smallest absolute Gasteiger partial charge is 0.305 e. The molecule has 0 aliphatic carbocycles. The monoisotopic (exact) mass is 295 g/mol. The van der Waals surface area contributed by atoms with Crippen molar-refractivity contribution in [3.05, 3.63) is 35.9 Å². The average Bonchev–Trinajstić information content (AvgIpc) is 2.43. The summed E-state index contributed by atoms with van der Waals surface area (Å²) in [5.41, 5.74) is 0.821. The van der Waals surface area contributed by atoms with Crippen LogP contribution in [0, 0.1) is 0 Å². The lowest BCUT2D eigenvalue weighted by Gasteiger charge is -2.17. The molecular weight excluding hydrogens is 274 g/mol. The van der Waals surface area contributed by atoms with Crippen LogP contribution in [0.4, 0.5) is 0 Å². The Kier molecular flexibility index (Phi) is 7.80. The van der Waals surface area contributed by atoms with Crippen molar-refractivity contribution in [2.24, 2.45) is 0 Å². The van der Waals surface area contributed by atoms with Gasteiger partial charge in [0.25, 0.3) is 0 Å². The summed E-state index contributed by atoms with van der Waals surface area (Å²) in [6.45, 7) is 2.11. The number of unbranched alkanes of at least 4 members (excludes halogenated alkanes) is 1. The van der Waals surface area contributed by atoms with Crippen molar-refractivity contribution in [2.75, 3.05) is 11.5 Å². The Hall–Kier alpha value is -1.49. The normalized spacial score (nSPS) is 11.8. The molecule has 0 spiro atoms. The molecular formula is C15H21NO3S. The molecule has 0 aliphatic heterocycles. The van der Waals surface area contributed by atoms with Gasteiger partial charge in [-0.2, -0.15) is 11.8 Å². The molecule has 4 nitrogen and oxygen atoms in total. The molecule has 0 heterocycles. The highest BCUT2D eigenvalue weighted by atomic mass is 32.2. The van der Waals surface area contributed by atoms with E-state index >= 15 is 0 Å². The maximum absolute atomic E-state index is 11.8. The molecule has 1 aromatic carbocycles. The summed E-state index contributed by atoms with van der Waals surface area (Å²) in [6.07, 6.45) is 2.10. The predicted molar refractivity (Wildman–Crippen MR) is 81.8 cm³/mol. The van der Waals surface area contributed by atoms with Gasteiger partial charge in [-0.05, 0) is 17.7 Å². The van der Waals surface area contributed by atoms with E-state index in [1.165, 1.54) is 0 Å². The molecule has 0 aromatic heterocycles. The van der Waals surface area contributed by atoms with Crippen molar-refractivity contribution in [1.29, 1.82) is 0 Å². The molecule has 110 valence electrons. The van der Waals surface area contributed by atoms with E-state index in [0.717, 1.165) is 24.2 Å². The molecule has 2 N–H and O–H groups in total. The van der Waals surface area contributed by atoms with Crippen molar-refractivity contribution >= 4 is 23.6 Å². The maximum Gasteiger partial charge on any atom is 0.305 e. The third-order valence-electron chi connectivity index (χ3n) is 2.79. The molecule has 0 radical (unpaired) electrons. The summed E-state index contributed by atoms with van der Waals surface area (Å²) < 4.78 is 0. The van der Waals surface area contributed by atoms with Crippen LogP contribution in [0.3, 0.4) is 0 Å². The topological polar surface area (TPSA) is 66.4 Å². The Morgan fingerprint density at radius 3 is 2.60 bits per heavy atom. The number of thioether (sulfide) groups is 1. The molecule has 0 fully saturated rings. The number of benzene rings is 1. The summed E-state index contributed by atoms with van der Waals surface area (Å²) >= 11 is 1.58. The average molecular weight is 295 g/mol. The first-order valence-electron chi connectivity index (χ1n) is 6.77. The van der Waals surface area contributed by atoms with E-state index in [1.54, 1.807) is 11.8 Å². The number of nitrogens with one attached hydrogen (secondary N) is 1. The van der Waals surface area contributed by atoms with E-state index in [-0.39, 0.29) is 12.3 Å². The van der Waals surface area contributed by atoms with Gasteiger partial charge < -0.3 is 10.4 Å².